The van der Waals surface area contributed by atoms with Gasteiger partial charge < -0.3 is 9.47 Å². The van der Waals surface area contributed by atoms with Crippen LogP contribution in [-0.4, -0.2) is 18.7 Å². The number of rotatable bonds is 2. The lowest BCUT2D eigenvalue weighted by Crippen LogP contribution is -2.09. The Morgan fingerprint density at radius 3 is 2.17 bits per heavy atom. The van der Waals surface area contributed by atoms with E-state index in [0.717, 1.165) is 0 Å². The summed E-state index contributed by atoms with van der Waals surface area (Å²) in [5.41, 5.74) is 2.47. The Morgan fingerprint density at radius 2 is 1.50 bits per heavy atom. The van der Waals surface area contributed by atoms with E-state index in [-0.39, 0.29) is 0 Å². The summed E-state index contributed by atoms with van der Waals surface area (Å²) in [4.78, 5) is 2.16. The largest absolute Gasteiger partial charge is 0.377 e. The summed E-state index contributed by atoms with van der Waals surface area (Å²) in [6.45, 7) is 0. The van der Waals surface area contributed by atoms with E-state index in [1.807, 2.05) is 0 Å². The predicted octanol–water partition coefficient (Wildman–Crippen LogP) is 3.70. The molecule has 1 aromatic heterocycles. The third-order valence-electron chi connectivity index (χ3n) is 3.23. The fourth-order valence-electron chi connectivity index (χ4n) is 2.38. The summed E-state index contributed by atoms with van der Waals surface area (Å²) >= 11 is 0. The molecule has 0 amide bonds. The van der Waals surface area contributed by atoms with Crippen LogP contribution in [0.4, 0.5) is 5.69 Å². The summed E-state index contributed by atoms with van der Waals surface area (Å²) < 4.78 is 2.16. The number of aromatic nitrogens is 1. The fraction of sp³-hybridized carbons (Fsp3) is 0.125. The van der Waals surface area contributed by atoms with Crippen LogP contribution in [0.5, 0.6) is 0 Å². The quantitative estimate of drug-likeness (QED) is 0.658. The Bertz CT molecular complexity index is 661. The first-order chi connectivity index (χ1) is 8.77. The van der Waals surface area contributed by atoms with Crippen molar-refractivity contribution >= 4 is 16.5 Å². The number of anilines is 1. The van der Waals surface area contributed by atoms with Crippen molar-refractivity contribution in [1.82, 2.24) is 4.57 Å². The van der Waals surface area contributed by atoms with Gasteiger partial charge >= 0.3 is 0 Å². The SMILES string of the molecule is CN(C)c1cccc2cccc(-n3cccc3)c12. The average molecular weight is 236 g/mol. The molecule has 3 aromatic rings. The molecule has 3 rings (SSSR count). The van der Waals surface area contributed by atoms with Gasteiger partial charge in [0.1, 0.15) is 0 Å². The number of hydrogen-bond acceptors (Lipinski definition) is 1. The lowest BCUT2D eigenvalue weighted by atomic mass is 10.1. The van der Waals surface area contributed by atoms with Crippen LogP contribution >= 0.6 is 0 Å². The molecule has 0 aliphatic rings. The van der Waals surface area contributed by atoms with Gasteiger partial charge in [0.15, 0.2) is 0 Å². The van der Waals surface area contributed by atoms with Gasteiger partial charge in [0.25, 0.3) is 0 Å². The Hall–Kier alpha value is -2.22. The second kappa shape index (κ2) is 4.22. The van der Waals surface area contributed by atoms with Gasteiger partial charge in [-0.2, -0.15) is 0 Å². The lowest BCUT2D eigenvalue weighted by Gasteiger charge is -2.18. The minimum absolute atomic E-state index is 1.22. The molecule has 0 aliphatic heterocycles. The Kier molecular flexibility index (Phi) is 2.56. The fourth-order valence-corrected chi connectivity index (χ4v) is 2.38. The molecule has 90 valence electrons. The standard InChI is InChI=1S/C16H16N2/c1-17(2)14-9-5-7-13-8-6-10-15(16(13)14)18-11-3-4-12-18/h3-12H,1-2H3. The third-order valence-corrected chi connectivity index (χ3v) is 3.23. The van der Waals surface area contributed by atoms with Crippen LogP contribution < -0.4 is 4.90 Å². The minimum Gasteiger partial charge on any atom is -0.377 e. The van der Waals surface area contributed by atoms with E-state index in [1.54, 1.807) is 0 Å². The minimum atomic E-state index is 1.22. The molecule has 0 saturated heterocycles. The molecule has 2 heteroatoms. The molecule has 0 aliphatic carbocycles. The van der Waals surface area contributed by atoms with E-state index in [2.05, 4.69) is 84.5 Å². The summed E-state index contributed by atoms with van der Waals surface area (Å²) in [5.74, 6) is 0. The first kappa shape index (κ1) is 10.9. The summed E-state index contributed by atoms with van der Waals surface area (Å²) in [7, 11) is 4.17. The smallest absolute Gasteiger partial charge is 0.0548 e. The monoisotopic (exact) mass is 236 g/mol. The van der Waals surface area contributed by atoms with Crippen molar-refractivity contribution in [2.45, 2.75) is 0 Å². The summed E-state index contributed by atoms with van der Waals surface area (Å²) in [5, 5.41) is 2.56. The number of hydrogen-bond donors (Lipinski definition) is 0. The van der Waals surface area contributed by atoms with Crippen LogP contribution in [0.15, 0.2) is 60.9 Å². The maximum Gasteiger partial charge on any atom is 0.0548 e. The molecule has 0 N–H and O–H groups in total. The van der Waals surface area contributed by atoms with Crippen LogP contribution in [0.3, 0.4) is 0 Å². The van der Waals surface area contributed by atoms with Gasteiger partial charge in [-0.15, -0.1) is 0 Å². The van der Waals surface area contributed by atoms with Crippen molar-refractivity contribution in [1.29, 1.82) is 0 Å². The maximum absolute atomic E-state index is 2.16. The molecule has 18 heavy (non-hydrogen) atoms. The zero-order valence-electron chi connectivity index (χ0n) is 10.7. The zero-order chi connectivity index (χ0) is 12.5. The Labute approximate surface area is 107 Å². The molecular weight excluding hydrogens is 220 g/mol. The average Bonchev–Trinajstić information content (AvgIpc) is 2.91. The van der Waals surface area contributed by atoms with Crippen LogP contribution in [0, 0.1) is 0 Å². The van der Waals surface area contributed by atoms with Gasteiger partial charge in [-0.1, -0.05) is 24.3 Å². The highest BCUT2D eigenvalue weighted by Gasteiger charge is 2.08. The number of benzene rings is 2. The van der Waals surface area contributed by atoms with E-state index in [9.17, 15) is 0 Å². The van der Waals surface area contributed by atoms with Crippen LogP contribution in [0.25, 0.3) is 16.5 Å². The maximum atomic E-state index is 2.16. The predicted molar refractivity (Wildman–Crippen MR) is 77.6 cm³/mol. The molecule has 2 nitrogen and oxygen atoms in total. The van der Waals surface area contributed by atoms with Gasteiger partial charge in [0.2, 0.25) is 0 Å². The third kappa shape index (κ3) is 1.66. The molecule has 1 heterocycles. The summed E-state index contributed by atoms with van der Waals surface area (Å²) in [6.07, 6.45) is 4.17. The molecule has 0 saturated carbocycles. The first-order valence-corrected chi connectivity index (χ1v) is 6.10. The van der Waals surface area contributed by atoms with Crippen LogP contribution in [-0.2, 0) is 0 Å². The molecule has 0 spiro atoms. The first-order valence-electron chi connectivity index (χ1n) is 6.10. The van der Waals surface area contributed by atoms with Crippen molar-refractivity contribution in [2.75, 3.05) is 19.0 Å². The molecule has 0 radical (unpaired) electrons. The van der Waals surface area contributed by atoms with Gasteiger partial charge in [-0.25, -0.2) is 0 Å². The lowest BCUT2D eigenvalue weighted by molar-refractivity contribution is 1.09. The van der Waals surface area contributed by atoms with Crippen molar-refractivity contribution in [3.8, 4) is 5.69 Å². The van der Waals surface area contributed by atoms with Gasteiger partial charge in [-0.05, 0) is 29.7 Å². The molecule has 0 bridgehead atoms. The van der Waals surface area contributed by atoms with E-state index in [0.29, 0.717) is 0 Å². The highest BCUT2D eigenvalue weighted by molar-refractivity contribution is 6.00. The molecular formula is C16H16N2. The second-order valence-electron chi connectivity index (χ2n) is 4.64. The number of nitrogens with zero attached hydrogens (tertiary/aromatic N) is 2. The van der Waals surface area contributed by atoms with Crippen LogP contribution in [0.1, 0.15) is 0 Å². The zero-order valence-corrected chi connectivity index (χ0v) is 10.7. The number of fused-ring (bicyclic) bond motifs is 1. The molecule has 0 unspecified atom stereocenters. The van der Waals surface area contributed by atoms with E-state index in [4.69, 9.17) is 0 Å². The van der Waals surface area contributed by atoms with Crippen molar-refractivity contribution in [2.24, 2.45) is 0 Å². The van der Waals surface area contributed by atoms with Gasteiger partial charge in [0.05, 0.1) is 5.69 Å². The van der Waals surface area contributed by atoms with Crippen molar-refractivity contribution in [3.63, 3.8) is 0 Å². The molecule has 0 atom stereocenters. The highest BCUT2D eigenvalue weighted by atomic mass is 15.1. The molecule has 2 aromatic carbocycles. The summed E-state index contributed by atoms with van der Waals surface area (Å²) in [6, 6.07) is 17.0. The second-order valence-corrected chi connectivity index (χ2v) is 4.64. The topological polar surface area (TPSA) is 8.17 Å². The van der Waals surface area contributed by atoms with Crippen molar-refractivity contribution < 1.29 is 0 Å². The van der Waals surface area contributed by atoms with Gasteiger partial charge in [-0.3, -0.25) is 0 Å². The van der Waals surface area contributed by atoms with E-state index in [1.165, 1.54) is 22.1 Å². The molecule has 0 fully saturated rings. The van der Waals surface area contributed by atoms with Crippen molar-refractivity contribution in [3.05, 3.63) is 60.9 Å². The van der Waals surface area contributed by atoms with Crippen LogP contribution in [0.2, 0.25) is 0 Å². The van der Waals surface area contributed by atoms with Gasteiger partial charge in [0, 0.05) is 37.6 Å². The van der Waals surface area contributed by atoms with E-state index >= 15 is 0 Å². The highest BCUT2D eigenvalue weighted by Crippen LogP contribution is 2.31. The Morgan fingerprint density at radius 1 is 0.833 bits per heavy atom. The van der Waals surface area contributed by atoms with E-state index < -0.39 is 0 Å². The normalized spacial score (nSPS) is 10.8. The Balaban J connectivity index is 2.39.